The smallest absolute Gasteiger partial charge is 0.198 e. The Hall–Kier alpha value is -3.76. The molecule has 6 rings (SSSR count). The van der Waals surface area contributed by atoms with Gasteiger partial charge in [-0.15, -0.1) is 0 Å². The number of anilines is 3. The van der Waals surface area contributed by atoms with Gasteiger partial charge in [0, 0.05) is 33.0 Å². The Morgan fingerprint density at radius 2 is 1.30 bits per heavy atom. The Bertz CT molecular complexity index is 1540. The average Bonchev–Trinajstić information content (AvgIpc) is 3.49. The molecule has 2 heterocycles. The maximum absolute atomic E-state index is 13.0. The summed E-state index contributed by atoms with van der Waals surface area (Å²) in [5, 5.41) is 3.56. The Morgan fingerprint density at radius 3 is 1.84 bits per heavy atom. The summed E-state index contributed by atoms with van der Waals surface area (Å²) >= 11 is 1.40. The Labute approximate surface area is 222 Å². The maximum atomic E-state index is 13.0. The lowest BCUT2D eigenvalue weighted by atomic mass is 9.73. The number of benzene rings is 3. The van der Waals surface area contributed by atoms with E-state index in [2.05, 4.69) is 93.3 Å². The van der Waals surface area contributed by atoms with E-state index in [1.54, 1.807) is 10.8 Å². The zero-order valence-electron chi connectivity index (χ0n) is 21.6. The van der Waals surface area contributed by atoms with Gasteiger partial charge >= 0.3 is 0 Å². The van der Waals surface area contributed by atoms with Crippen LogP contribution in [-0.2, 0) is 18.3 Å². The summed E-state index contributed by atoms with van der Waals surface area (Å²) in [5.74, 6) is -0.321. The number of ketones is 2. The van der Waals surface area contributed by atoms with Crippen molar-refractivity contribution in [3.05, 3.63) is 116 Å². The molecule has 4 aromatic rings. The molecule has 0 amide bonds. The number of hydrogen-bond acceptors (Lipinski definition) is 4. The standard InChI is InChI=1S/C33H29NO2S/c1-5-20-17-30(21(6-2)15-22(20)16-23-31(35)24-18-37-19-25(24)32(23)36)34-28-13-9-7-11-26(28)33(3,4)27-12-8-10-14-29(27)34/h7-19H,5-6H2,1-4H3. The molecule has 1 aliphatic carbocycles. The molecule has 3 aromatic carbocycles. The van der Waals surface area contributed by atoms with Crippen LogP contribution in [0.5, 0.6) is 0 Å². The predicted molar refractivity (Wildman–Crippen MR) is 153 cm³/mol. The molecule has 0 atom stereocenters. The van der Waals surface area contributed by atoms with Gasteiger partial charge in [0.05, 0.1) is 16.9 Å². The summed E-state index contributed by atoms with van der Waals surface area (Å²) in [4.78, 5) is 28.4. The number of carbonyl (C=O) groups is 2. The van der Waals surface area contributed by atoms with Gasteiger partial charge < -0.3 is 4.90 Å². The van der Waals surface area contributed by atoms with Gasteiger partial charge in [0.2, 0.25) is 0 Å². The normalized spacial score (nSPS) is 15.5. The number of nitrogens with zero attached hydrogens (tertiary/aromatic N) is 1. The van der Waals surface area contributed by atoms with Crippen LogP contribution in [0.3, 0.4) is 0 Å². The van der Waals surface area contributed by atoms with Crippen LogP contribution < -0.4 is 4.90 Å². The van der Waals surface area contributed by atoms with E-state index in [0.717, 1.165) is 29.7 Å². The lowest BCUT2D eigenvalue weighted by Crippen LogP contribution is -2.31. The lowest BCUT2D eigenvalue weighted by molar-refractivity contribution is 0.0990. The minimum Gasteiger partial charge on any atom is -0.310 e. The molecular weight excluding hydrogens is 474 g/mol. The number of thiophene rings is 1. The van der Waals surface area contributed by atoms with Gasteiger partial charge in [0.25, 0.3) is 0 Å². The molecule has 0 spiro atoms. The molecule has 1 aliphatic heterocycles. The first-order valence-electron chi connectivity index (χ1n) is 12.9. The van der Waals surface area contributed by atoms with Crippen LogP contribution in [0, 0.1) is 0 Å². The van der Waals surface area contributed by atoms with Crippen LogP contribution in [-0.4, -0.2) is 11.6 Å². The molecule has 0 saturated heterocycles. The van der Waals surface area contributed by atoms with Crippen LogP contribution in [0.4, 0.5) is 17.1 Å². The minimum absolute atomic E-state index is 0.114. The predicted octanol–water partition coefficient (Wildman–Crippen LogP) is 8.44. The van der Waals surface area contributed by atoms with Crippen molar-refractivity contribution in [2.45, 2.75) is 46.0 Å². The highest BCUT2D eigenvalue weighted by molar-refractivity contribution is 7.08. The fourth-order valence-electron chi connectivity index (χ4n) is 5.88. The van der Waals surface area contributed by atoms with E-state index in [-0.39, 0.29) is 22.6 Å². The summed E-state index contributed by atoms with van der Waals surface area (Å²) < 4.78 is 0. The lowest BCUT2D eigenvalue weighted by Gasteiger charge is -2.42. The molecule has 0 bridgehead atoms. The van der Waals surface area contributed by atoms with E-state index < -0.39 is 0 Å². The fourth-order valence-corrected chi connectivity index (χ4v) is 6.69. The third kappa shape index (κ3) is 3.47. The highest BCUT2D eigenvalue weighted by atomic mass is 32.1. The van der Waals surface area contributed by atoms with Crippen LogP contribution in [0.25, 0.3) is 6.08 Å². The maximum Gasteiger partial charge on any atom is 0.198 e. The van der Waals surface area contributed by atoms with Gasteiger partial charge in [-0.25, -0.2) is 0 Å². The van der Waals surface area contributed by atoms with Crippen molar-refractivity contribution in [1.29, 1.82) is 0 Å². The van der Waals surface area contributed by atoms with Crippen molar-refractivity contribution in [3.63, 3.8) is 0 Å². The summed E-state index contributed by atoms with van der Waals surface area (Å²) in [6.45, 7) is 8.88. The summed E-state index contributed by atoms with van der Waals surface area (Å²) in [7, 11) is 0. The van der Waals surface area contributed by atoms with Crippen molar-refractivity contribution in [2.24, 2.45) is 0 Å². The molecule has 0 radical (unpaired) electrons. The first kappa shape index (κ1) is 23.6. The van der Waals surface area contributed by atoms with Crippen LogP contribution in [0.2, 0.25) is 0 Å². The van der Waals surface area contributed by atoms with E-state index in [4.69, 9.17) is 0 Å². The van der Waals surface area contributed by atoms with E-state index >= 15 is 0 Å². The number of rotatable bonds is 4. The van der Waals surface area contributed by atoms with Gasteiger partial charge in [-0.05, 0) is 71.0 Å². The number of fused-ring (bicyclic) bond motifs is 3. The molecule has 1 aromatic heterocycles. The second-order valence-corrected chi connectivity index (χ2v) is 11.0. The fraction of sp³-hybridized carbons (Fsp3) is 0.212. The van der Waals surface area contributed by atoms with Crippen LogP contribution in [0.1, 0.15) is 76.2 Å². The Balaban J connectivity index is 1.55. The second-order valence-electron chi connectivity index (χ2n) is 10.3. The number of Topliss-reactive ketones (excluding diaryl/α,β-unsaturated/α-hetero) is 2. The van der Waals surface area contributed by atoms with E-state index in [1.165, 1.54) is 39.4 Å². The van der Waals surface area contributed by atoms with Crippen molar-refractivity contribution >= 4 is 46.0 Å². The molecule has 0 fully saturated rings. The zero-order chi connectivity index (χ0) is 25.9. The number of hydrogen-bond donors (Lipinski definition) is 0. The average molecular weight is 504 g/mol. The molecule has 0 N–H and O–H groups in total. The highest BCUT2D eigenvalue weighted by Gasteiger charge is 2.37. The topological polar surface area (TPSA) is 37.4 Å². The van der Waals surface area contributed by atoms with Gasteiger partial charge in [-0.2, -0.15) is 11.3 Å². The first-order valence-corrected chi connectivity index (χ1v) is 13.8. The molecule has 4 heteroatoms. The van der Waals surface area contributed by atoms with Crippen molar-refractivity contribution in [2.75, 3.05) is 4.90 Å². The minimum atomic E-state index is -0.161. The van der Waals surface area contributed by atoms with Gasteiger partial charge in [-0.3, -0.25) is 9.59 Å². The molecule has 37 heavy (non-hydrogen) atoms. The largest absolute Gasteiger partial charge is 0.310 e. The van der Waals surface area contributed by atoms with Crippen molar-refractivity contribution < 1.29 is 9.59 Å². The highest BCUT2D eigenvalue weighted by Crippen LogP contribution is 2.52. The van der Waals surface area contributed by atoms with Crippen LogP contribution >= 0.6 is 11.3 Å². The summed E-state index contributed by atoms with van der Waals surface area (Å²) in [6, 6.07) is 21.8. The number of carbonyl (C=O) groups excluding carboxylic acids is 2. The quantitative estimate of drug-likeness (QED) is 0.207. The van der Waals surface area contributed by atoms with Gasteiger partial charge in [-0.1, -0.05) is 64.1 Å². The summed E-state index contributed by atoms with van der Waals surface area (Å²) in [5.41, 5.74) is 10.6. The number of aryl methyl sites for hydroxylation is 2. The van der Waals surface area contributed by atoms with Gasteiger partial charge in [0.15, 0.2) is 11.6 Å². The Morgan fingerprint density at radius 1 is 0.757 bits per heavy atom. The summed E-state index contributed by atoms with van der Waals surface area (Å²) in [6.07, 6.45) is 3.44. The van der Waals surface area contributed by atoms with Crippen molar-refractivity contribution in [1.82, 2.24) is 0 Å². The molecule has 3 nitrogen and oxygen atoms in total. The molecule has 0 saturated carbocycles. The van der Waals surface area contributed by atoms with Gasteiger partial charge in [0.1, 0.15) is 0 Å². The second kappa shape index (κ2) is 8.67. The molecule has 0 unspecified atom stereocenters. The Kier molecular flexibility index (Phi) is 5.54. The van der Waals surface area contributed by atoms with Crippen molar-refractivity contribution in [3.8, 4) is 0 Å². The van der Waals surface area contributed by atoms with Crippen LogP contribution in [0.15, 0.2) is 77.0 Å². The number of allylic oxidation sites excluding steroid dienone is 1. The SMILES string of the molecule is CCc1cc(N2c3ccccc3C(C)(C)c3ccccc32)c(CC)cc1C=C1C(=O)c2cscc2C1=O. The first-order chi connectivity index (χ1) is 17.9. The van der Waals surface area contributed by atoms with E-state index in [1.807, 2.05) is 6.08 Å². The molecular formula is C33H29NO2S. The molecule has 184 valence electrons. The van der Waals surface area contributed by atoms with E-state index in [9.17, 15) is 9.59 Å². The number of para-hydroxylation sites is 2. The third-order valence-electron chi connectivity index (χ3n) is 7.92. The molecule has 2 aliphatic rings. The third-order valence-corrected chi connectivity index (χ3v) is 8.66. The zero-order valence-corrected chi connectivity index (χ0v) is 22.4. The van der Waals surface area contributed by atoms with E-state index in [0.29, 0.717) is 11.1 Å². The monoisotopic (exact) mass is 503 g/mol.